The molecule has 5 heteroatoms. The lowest BCUT2D eigenvalue weighted by atomic mass is 10.1. The van der Waals surface area contributed by atoms with Gasteiger partial charge in [0.25, 0.3) is 0 Å². The fourth-order valence-corrected chi connectivity index (χ4v) is 2.87. The summed E-state index contributed by atoms with van der Waals surface area (Å²) in [6.45, 7) is 0. The number of aromatic amines is 1. The molecule has 2 N–H and O–H groups in total. The van der Waals surface area contributed by atoms with Gasteiger partial charge in [0.1, 0.15) is 5.82 Å². The maximum atomic E-state index is 13.4. The van der Waals surface area contributed by atoms with E-state index in [0.717, 1.165) is 27.4 Å². The third-order valence-electron chi connectivity index (χ3n) is 3.99. The van der Waals surface area contributed by atoms with Crippen molar-refractivity contribution in [2.45, 2.75) is 6.42 Å². The van der Waals surface area contributed by atoms with Crippen LogP contribution in [0.4, 0.5) is 10.1 Å². The number of fused-ring (bicyclic) bond motifs is 2. The monoisotopic (exact) mass is 319 g/mol. The number of halogens is 1. The van der Waals surface area contributed by atoms with Crippen LogP contribution in [0.1, 0.15) is 5.56 Å². The van der Waals surface area contributed by atoms with E-state index in [-0.39, 0.29) is 18.1 Å². The molecule has 0 aliphatic heterocycles. The number of hydrogen-bond acceptors (Lipinski definition) is 2. The number of aromatic nitrogens is 2. The highest BCUT2D eigenvalue weighted by atomic mass is 19.1. The lowest BCUT2D eigenvalue weighted by molar-refractivity contribution is -0.115. The molecule has 2 aromatic heterocycles. The number of carbonyl (C=O) groups is 1. The van der Waals surface area contributed by atoms with Crippen LogP contribution in [-0.2, 0) is 11.2 Å². The third kappa shape index (κ3) is 2.60. The number of carbonyl (C=O) groups excluding carboxylic acids is 1. The van der Waals surface area contributed by atoms with E-state index >= 15 is 0 Å². The summed E-state index contributed by atoms with van der Waals surface area (Å²) < 4.78 is 13.4. The van der Waals surface area contributed by atoms with E-state index in [1.807, 2.05) is 30.3 Å². The van der Waals surface area contributed by atoms with Crippen LogP contribution in [0.3, 0.4) is 0 Å². The van der Waals surface area contributed by atoms with Gasteiger partial charge in [0.2, 0.25) is 5.91 Å². The predicted molar refractivity (Wildman–Crippen MR) is 92.3 cm³/mol. The van der Waals surface area contributed by atoms with E-state index in [2.05, 4.69) is 15.3 Å². The van der Waals surface area contributed by atoms with Gasteiger partial charge in [0, 0.05) is 28.7 Å². The Balaban J connectivity index is 1.61. The smallest absolute Gasteiger partial charge is 0.228 e. The molecule has 118 valence electrons. The van der Waals surface area contributed by atoms with Crippen molar-refractivity contribution in [1.29, 1.82) is 0 Å². The number of hydrogen-bond donors (Lipinski definition) is 2. The molecule has 4 nitrogen and oxygen atoms in total. The first kappa shape index (κ1) is 14.4. The molecule has 0 fully saturated rings. The van der Waals surface area contributed by atoms with Crippen LogP contribution in [0, 0.1) is 5.82 Å². The van der Waals surface area contributed by atoms with Crippen LogP contribution in [-0.4, -0.2) is 15.9 Å². The minimum absolute atomic E-state index is 0.159. The van der Waals surface area contributed by atoms with E-state index in [1.54, 1.807) is 18.5 Å². The van der Waals surface area contributed by atoms with E-state index in [0.29, 0.717) is 5.69 Å². The third-order valence-corrected chi connectivity index (χ3v) is 3.99. The van der Waals surface area contributed by atoms with E-state index in [4.69, 9.17) is 0 Å². The Kier molecular flexibility index (Phi) is 3.46. The zero-order chi connectivity index (χ0) is 16.5. The fourth-order valence-electron chi connectivity index (χ4n) is 2.87. The van der Waals surface area contributed by atoms with E-state index in [9.17, 15) is 9.18 Å². The van der Waals surface area contributed by atoms with Crippen molar-refractivity contribution in [3.05, 3.63) is 72.3 Å². The second-order valence-corrected chi connectivity index (χ2v) is 5.61. The van der Waals surface area contributed by atoms with Crippen molar-refractivity contribution < 1.29 is 9.18 Å². The zero-order valence-corrected chi connectivity index (χ0v) is 12.7. The van der Waals surface area contributed by atoms with Gasteiger partial charge in [-0.2, -0.15) is 0 Å². The molecule has 0 saturated heterocycles. The minimum atomic E-state index is -0.318. The van der Waals surface area contributed by atoms with Crippen LogP contribution in [0.25, 0.3) is 21.8 Å². The molecule has 0 atom stereocenters. The van der Waals surface area contributed by atoms with Gasteiger partial charge in [-0.15, -0.1) is 0 Å². The largest absolute Gasteiger partial charge is 0.361 e. The minimum Gasteiger partial charge on any atom is -0.361 e. The van der Waals surface area contributed by atoms with Crippen molar-refractivity contribution in [2.75, 3.05) is 5.32 Å². The summed E-state index contributed by atoms with van der Waals surface area (Å²) in [5, 5.41) is 4.58. The number of anilines is 1. The van der Waals surface area contributed by atoms with Crippen molar-refractivity contribution in [1.82, 2.24) is 9.97 Å². The van der Waals surface area contributed by atoms with Crippen LogP contribution < -0.4 is 5.32 Å². The summed E-state index contributed by atoms with van der Waals surface area (Å²) >= 11 is 0. The summed E-state index contributed by atoms with van der Waals surface area (Å²) in [5.74, 6) is -0.486. The van der Waals surface area contributed by atoms with Crippen LogP contribution in [0.15, 0.2) is 60.9 Å². The maximum absolute atomic E-state index is 13.4. The Labute approximate surface area is 137 Å². The maximum Gasteiger partial charge on any atom is 0.228 e. The fraction of sp³-hybridized carbons (Fsp3) is 0.0526. The molecule has 0 bridgehead atoms. The molecule has 2 aromatic carbocycles. The normalized spacial score (nSPS) is 11.0. The number of nitrogens with zero attached hydrogens (tertiary/aromatic N) is 1. The Hall–Kier alpha value is -3.21. The highest BCUT2D eigenvalue weighted by Gasteiger charge is 2.11. The van der Waals surface area contributed by atoms with Gasteiger partial charge in [-0.1, -0.05) is 18.2 Å². The number of benzene rings is 2. The summed E-state index contributed by atoms with van der Waals surface area (Å²) in [5.41, 5.74) is 2.99. The molecule has 24 heavy (non-hydrogen) atoms. The molecular formula is C19H14FN3O. The average Bonchev–Trinajstić information content (AvgIpc) is 2.97. The van der Waals surface area contributed by atoms with Gasteiger partial charge in [-0.05, 0) is 35.9 Å². The quantitative estimate of drug-likeness (QED) is 0.599. The molecule has 0 aliphatic rings. The number of para-hydroxylation sites is 1. The summed E-state index contributed by atoms with van der Waals surface area (Å²) in [7, 11) is 0. The van der Waals surface area contributed by atoms with Crippen LogP contribution in [0.2, 0.25) is 0 Å². The lowest BCUT2D eigenvalue weighted by Crippen LogP contribution is -2.14. The SMILES string of the molecule is O=C(Cc1c[nH]c2ccc(F)cc12)Nc1cccc2cccnc12. The van der Waals surface area contributed by atoms with Gasteiger partial charge >= 0.3 is 0 Å². The lowest BCUT2D eigenvalue weighted by Gasteiger charge is -2.07. The van der Waals surface area contributed by atoms with E-state index in [1.165, 1.54) is 12.1 Å². The van der Waals surface area contributed by atoms with Crippen molar-refractivity contribution in [2.24, 2.45) is 0 Å². The van der Waals surface area contributed by atoms with E-state index < -0.39 is 0 Å². The summed E-state index contributed by atoms with van der Waals surface area (Å²) in [6, 6.07) is 13.9. The number of amides is 1. The molecule has 2 heterocycles. The highest BCUT2D eigenvalue weighted by molar-refractivity contribution is 6.02. The van der Waals surface area contributed by atoms with Gasteiger partial charge in [0.05, 0.1) is 17.6 Å². The van der Waals surface area contributed by atoms with Gasteiger partial charge < -0.3 is 10.3 Å². The molecular weight excluding hydrogens is 305 g/mol. The van der Waals surface area contributed by atoms with Gasteiger partial charge in [-0.25, -0.2) is 4.39 Å². The van der Waals surface area contributed by atoms with Crippen molar-refractivity contribution in [3.63, 3.8) is 0 Å². The zero-order valence-electron chi connectivity index (χ0n) is 12.7. The Morgan fingerprint density at radius 3 is 2.96 bits per heavy atom. The topological polar surface area (TPSA) is 57.8 Å². The molecule has 0 radical (unpaired) electrons. The van der Waals surface area contributed by atoms with Crippen molar-refractivity contribution in [3.8, 4) is 0 Å². The predicted octanol–water partition coefficient (Wildman–Crippen LogP) is 4.04. The van der Waals surface area contributed by atoms with Gasteiger partial charge in [-0.3, -0.25) is 9.78 Å². The second-order valence-electron chi connectivity index (χ2n) is 5.61. The van der Waals surface area contributed by atoms with Crippen LogP contribution in [0.5, 0.6) is 0 Å². The second kappa shape index (κ2) is 5.77. The first-order chi connectivity index (χ1) is 11.7. The number of pyridine rings is 1. The Morgan fingerprint density at radius 2 is 2.04 bits per heavy atom. The van der Waals surface area contributed by atoms with Crippen molar-refractivity contribution >= 4 is 33.4 Å². The summed E-state index contributed by atoms with van der Waals surface area (Å²) in [4.78, 5) is 19.8. The first-order valence-corrected chi connectivity index (χ1v) is 7.60. The molecule has 1 amide bonds. The molecule has 4 aromatic rings. The molecule has 0 saturated carbocycles. The number of rotatable bonds is 3. The molecule has 0 spiro atoms. The Bertz CT molecular complexity index is 1050. The number of H-pyrrole nitrogens is 1. The molecule has 0 unspecified atom stereocenters. The van der Waals surface area contributed by atoms with Crippen LogP contribution >= 0.6 is 0 Å². The standard InChI is InChI=1S/C19H14FN3O/c20-14-6-7-16-15(10-14)13(11-22-16)9-18(24)23-17-5-1-3-12-4-2-8-21-19(12)17/h1-8,10-11,22H,9H2,(H,23,24). The summed E-state index contributed by atoms with van der Waals surface area (Å²) in [6.07, 6.45) is 3.60. The van der Waals surface area contributed by atoms with Gasteiger partial charge in [0.15, 0.2) is 0 Å². The number of nitrogens with one attached hydrogen (secondary N) is 2. The first-order valence-electron chi connectivity index (χ1n) is 7.60. The average molecular weight is 319 g/mol. The molecule has 0 aliphatic carbocycles. The highest BCUT2D eigenvalue weighted by Crippen LogP contribution is 2.23. The Morgan fingerprint density at radius 1 is 1.17 bits per heavy atom. The molecule has 4 rings (SSSR count).